The van der Waals surface area contributed by atoms with Crippen molar-refractivity contribution in [2.45, 2.75) is 13.8 Å². The Balaban J connectivity index is 2.33. The molecule has 0 aromatic heterocycles. The molecule has 0 aliphatic rings. The van der Waals surface area contributed by atoms with Crippen LogP contribution in [0, 0.1) is 18.8 Å². The maximum Gasteiger partial charge on any atom is 0.212 e. The number of para-hydroxylation sites is 1. The Kier molecular flexibility index (Phi) is 5.69. The van der Waals surface area contributed by atoms with Crippen LogP contribution in [0.3, 0.4) is 0 Å². The van der Waals surface area contributed by atoms with E-state index in [1.807, 2.05) is 31.2 Å². The third-order valence-electron chi connectivity index (χ3n) is 2.28. The molecule has 0 saturated carbocycles. The molecule has 0 aliphatic heterocycles. The fraction of sp³-hybridized carbons (Fsp3) is 0.385. The smallest absolute Gasteiger partial charge is 0.212 e. The first-order chi connectivity index (χ1) is 8.55. The summed E-state index contributed by atoms with van der Waals surface area (Å²) in [5.74, 6) is 6.32. The SMILES string of the molecule is CCS(=O)(=O)NCC#CCOc1ccccc1C. The van der Waals surface area contributed by atoms with E-state index in [0.29, 0.717) is 0 Å². The topological polar surface area (TPSA) is 55.4 Å². The van der Waals surface area contributed by atoms with Crippen molar-refractivity contribution < 1.29 is 13.2 Å². The lowest BCUT2D eigenvalue weighted by Crippen LogP contribution is -2.25. The van der Waals surface area contributed by atoms with Crippen LogP contribution >= 0.6 is 0 Å². The summed E-state index contributed by atoms with van der Waals surface area (Å²) in [6.07, 6.45) is 0. The quantitative estimate of drug-likeness (QED) is 0.819. The average Bonchev–Trinajstić information content (AvgIpc) is 2.35. The molecule has 98 valence electrons. The molecule has 0 fully saturated rings. The van der Waals surface area contributed by atoms with Gasteiger partial charge in [0.25, 0.3) is 0 Å². The zero-order valence-corrected chi connectivity index (χ0v) is 11.4. The number of sulfonamides is 1. The summed E-state index contributed by atoms with van der Waals surface area (Å²) in [6.45, 7) is 3.90. The zero-order valence-electron chi connectivity index (χ0n) is 10.6. The lowest BCUT2D eigenvalue weighted by atomic mass is 10.2. The number of benzene rings is 1. The zero-order chi connectivity index (χ0) is 13.4. The van der Waals surface area contributed by atoms with Crippen molar-refractivity contribution in [3.63, 3.8) is 0 Å². The van der Waals surface area contributed by atoms with Gasteiger partial charge in [-0.15, -0.1) is 0 Å². The van der Waals surface area contributed by atoms with Crippen LogP contribution in [0.1, 0.15) is 12.5 Å². The first kappa shape index (κ1) is 14.6. The minimum atomic E-state index is -3.16. The van der Waals surface area contributed by atoms with E-state index in [2.05, 4.69) is 16.6 Å². The Morgan fingerprint density at radius 3 is 2.67 bits per heavy atom. The fourth-order valence-electron chi connectivity index (χ4n) is 1.19. The molecule has 0 atom stereocenters. The first-order valence-corrected chi connectivity index (χ1v) is 7.32. The van der Waals surface area contributed by atoms with Crippen LogP contribution in [-0.2, 0) is 10.0 Å². The Morgan fingerprint density at radius 1 is 1.28 bits per heavy atom. The minimum absolute atomic E-state index is 0.0639. The summed E-state index contributed by atoms with van der Waals surface area (Å²) < 4.78 is 30.0. The van der Waals surface area contributed by atoms with E-state index in [4.69, 9.17) is 4.74 Å². The highest BCUT2D eigenvalue weighted by Gasteiger charge is 2.02. The number of rotatable bonds is 5. The molecular formula is C13H17NO3S. The molecule has 0 unspecified atom stereocenters. The number of ether oxygens (including phenoxy) is 1. The van der Waals surface area contributed by atoms with E-state index >= 15 is 0 Å². The van der Waals surface area contributed by atoms with Gasteiger partial charge < -0.3 is 4.74 Å². The van der Waals surface area contributed by atoms with E-state index in [1.165, 1.54) is 0 Å². The van der Waals surface area contributed by atoms with Crippen molar-refractivity contribution in [2.75, 3.05) is 18.9 Å². The largest absolute Gasteiger partial charge is 0.481 e. The average molecular weight is 267 g/mol. The van der Waals surface area contributed by atoms with Crippen molar-refractivity contribution in [3.05, 3.63) is 29.8 Å². The molecule has 0 saturated heterocycles. The lowest BCUT2D eigenvalue weighted by Gasteiger charge is -2.04. The molecule has 0 radical (unpaired) electrons. The molecule has 1 aromatic carbocycles. The molecule has 0 amide bonds. The summed E-state index contributed by atoms with van der Waals surface area (Å²) in [6, 6.07) is 7.66. The van der Waals surface area contributed by atoms with Crippen LogP contribution < -0.4 is 9.46 Å². The maximum absolute atomic E-state index is 11.1. The molecule has 0 aliphatic carbocycles. The predicted octanol–water partition coefficient (Wildman–Crippen LogP) is 1.32. The van der Waals surface area contributed by atoms with Gasteiger partial charge in [0.1, 0.15) is 12.4 Å². The van der Waals surface area contributed by atoms with Gasteiger partial charge in [-0.2, -0.15) is 0 Å². The molecule has 4 nitrogen and oxygen atoms in total. The van der Waals surface area contributed by atoms with Gasteiger partial charge in [0.05, 0.1) is 12.3 Å². The second kappa shape index (κ2) is 7.04. The molecule has 5 heteroatoms. The normalized spacial score (nSPS) is 10.6. The summed E-state index contributed by atoms with van der Waals surface area (Å²) in [4.78, 5) is 0. The summed E-state index contributed by atoms with van der Waals surface area (Å²) >= 11 is 0. The van der Waals surface area contributed by atoms with Gasteiger partial charge in [-0.05, 0) is 25.5 Å². The Bertz CT molecular complexity index is 541. The molecular weight excluding hydrogens is 250 g/mol. The summed E-state index contributed by atoms with van der Waals surface area (Å²) in [5.41, 5.74) is 1.05. The van der Waals surface area contributed by atoms with E-state index in [1.54, 1.807) is 6.92 Å². The molecule has 1 rings (SSSR count). The van der Waals surface area contributed by atoms with Crippen LogP contribution in [0.4, 0.5) is 0 Å². The van der Waals surface area contributed by atoms with Crippen LogP contribution in [0.5, 0.6) is 5.75 Å². The molecule has 0 heterocycles. The highest BCUT2D eigenvalue weighted by Crippen LogP contribution is 2.15. The molecule has 0 bridgehead atoms. The maximum atomic E-state index is 11.1. The van der Waals surface area contributed by atoms with Gasteiger partial charge in [-0.3, -0.25) is 0 Å². The number of hydrogen-bond acceptors (Lipinski definition) is 3. The summed E-state index contributed by atoms with van der Waals surface area (Å²) in [5, 5.41) is 0. The van der Waals surface area contributed by atoms with Crippen molar-refractivity contribution >= 4 is 10.0 Å². The van der Waals surface area contributed by atoms with Crippen molar-refractivity contribution in [2.24, 2.45) is 0 Å². The van der Waals surface area contributed by atoms with Crippen LogP contribution in [0.25, 0.3) is 0 Å². The molecule has 0 spiro atoms. The third kappa shape index (κ3) is 5.21. The van der Waals surface area contributed by atoms with Crippen molar-refractivity contribution in [1.82, 2.24) is 4.72 Å². The van der Waals surface area contributed by atoms with Crippen LogP contribution in [0.2, 0.25) is 0 Å². The van der Waals surface area contributed by atoms with Gasteiger partial charge in [0.15, 0.2) is 0 Å². The summed E-state index contributed by atoms with van der Waals surface area (Å²) in [7, 11) is -3.16. The highest BCUT2D eigenvalue weighted by atomic mass is 32.2. The van der Waals surface area contributed by atoms with Crippen LogP contribution in [0.15, 0.2) is 24.3 Å². The molecule has 18 heavy (non-hydrogen) atoms. The predicted molar refractivity (Wildman–Crippen MR) is 71.9 cm³/mol. The van der Waals surface area contributed by atoms with Gasteiger partial charge in [-0.25, -0.2) is 13.1 Å². The van der Waals surface area contributed by atoms with Gasteiger partial charge in [0, 0.05) is 0 Å². The van der Waals surface area contributed by atoms with E-state index in [9.17, 15) is 8.42 Å². The lowest BCUT2D eigenvalue weighted by molar-refractivity contribution is 0.367. The Morgan fingerprint density at radius 2 is 2.00 bits per heavy atom. The second-order valence-corrected chi connectivity index (χ2v) is 5.73. The highest BCUT2D eigenvalue weighted by molar-refractivity contribution is 7.89. The van der Waals surface area contributed by atoms with Crippen molar-refractivity contribution in [3.8, 4) is 17.6 Å². The molecule has 1 N–H and O–H groups in total. The Labute approximate surface area is 108 Å². The van der Waals surface area contributed by atoms with E-state index < -0.39 is 10.0 Å². The van der Waals surface area contributed by atoms with Gasteiger partial charge >= 0.3 is 0 Å². The number of nitrogens with one attached hydrogen (secondary N) is 1. The second-order valence-electron chi connectivity index (χ2n) is 3.63. The van der Waals surface area contributed by atoms with E-state index in [0.717, 1.165) is 11.3 Å². The number of hydrogen-bond donors (Lipinski definition) is 1. The van der Waals surface area contributed by atoms with Gasteiger partial charge in [0.2, 0.25) is 10.0 Å². The molecule has 1 aromatic rings. The monoisotopic (exact) mass is 267 g/mol. The standard InChI is InChI=1S/C13H17NO3S/c1-3-18(15,16)14-10-6-7-11-17-13-9-5-4-8-12(13)2/h4-5,8-9,14H,3,10-11H2,1-2H3. The fourth-order valence-corrected chi connectivity index (χ4v) is 1.69. The third-order valence-corrected chi connectivity index (χ3v) is 3.62. The first-order valence-electron chi connectivity index (χ1n) is 5.66. The number of aryl methyl sites for hydroxylation is 1. The Hall–Kier alpha value is -1.51. The van der Waals surface area contributed by atoms with E-state index in [-0.39, 0.29) is 18.9 Å². The van der Waals surface area contributed by atoms with Gasteiger partial charge in [-0.1, -0.05) is 30.0 Å². The van der Waals surface area contributed by atoms with Crippen molar-refractivity contribution in [1.29, 1.82) is 0 Å². The minimum Gasteiger partial charge on any atom is -0.481 e. The van der Waals surface area contributed by atoms with Crippen LogP contribution in [-0.4, -0.2) is 27.3 Å².